The van der Waals surface area contributed by atoms with Crippen LogP contribution in [0.3, 0.4) is 0 Å². The molecule has 1 aromatic heterocycles. The summed E-state index contributed by atoms with van der Waals surface area (Å²) >= 11 is 0. The van der Waals surface area contributed by atoms with Gasteiger partial charge in [-0.05, 0) is 30.7 Å². The van der Waals surface area contributed by atoms with Crippen molar-refractivity contribution >= 4 is 5.97 Å². The topological polar surface area (TPSA) is 55.1 Å². The molecular formula is C16H18N2O2. The van der Waals surface area contributed by atoms with E-state index < -0.39 is 5.97 Å². The molecule has 3 rings (SSSR count). The SMILES string of the molecule is O=C(O)C1CCC(c2ccccc2)CC1n1ccnc1. The third-order valence-corrected chi connectivity index (χ3v) is 4.31. The van der Waals surface area contributed by atoms with Crippen LogP contribution in [0.4, 0.5) is 0 Å². The molecule has 1 aromatic carbocycles. The fraction of sp³-hybridized carbons (Fsp3) is 0.375. The zero-order valence-corrected chi connectivity index (χ0v) is 11.2. The first kappa shape index (κ1) is 12.9. The molecule has 0 aliphatic heterocycles. The van der Waals surface area contributed by atoms with Gasteiger partial charge in [-0.3, -0.25) is 4.79 Å². The Morgan fingerprint density at radius 2 is 2.05 bits per heavy atom. The molecular weight excluding hydrogens is 252 g/mol. The van der Waals surface area contributed by atoms with Crippen LogP contribution in [0.2, 0.25) is 0 Å². The molecule has 0 spiro atoms. The minimum atomic E-state index is -0.699. The zero-order valence-electron chi connectivity index (χ0n) is 11.2. The van der Waals surface area contributed by atoms with Crippen molar-refractivity contribution in [2.24, 2.45) is 5.92 Å². The third-order valence-electron chi connectivity index (χ3n) is 4.31. The lowest BCUT2D eigenvalue weighted by Gasteiger charge is -2.35. The molecule has 1 aliphatic rings. The molecule has 1 aliphatic carbocycles. The Labute approximate surface area is 118 Å². The summed E-state index contributed by atoms with van der Waals surface area (Å²) in [5, 5.41) is 9.43. The van der Waals surface area contributed by atoms with Crippen molar-refractivity contribution in [3.05, 3.63) is 54.6 Å². The van der Waals surface area contributed by atoms with Crippen molar-refractivity contribution in [1.29, 1.82) is 0 Å². The summed E-state index contributed by atoms with van der Waals surface area (Å²) in [6.45, 7) is 0. The number of aromatic nitrogens is 2. The monoisotopic (exact) mass is 270 g/mol. The Balaban J connectivity index is 1.85. The lowest BCUT2D eigenvalue weighted by Crippen LogP contribution is -2.31. The number of rotatable bonds is 3. The van der Waals surface area contributed by atoms with Gasteiger partial charge in [0.2, 0.25) is 0 Å². The number of imidazole rings is 1. The summed E-state index contributed by atoms with van der Waals surface area (Å²) in [7, 11) is 0. The number of nitrogens with zero attached hydrogens (tertiary/aromatic N) is 2. The number of hydrogen-bond donors (Lipinski definition) is 1. The van der Waals surface area contributed by atoms with Crippen LogP contribution in [0, 0.1) is 5.92 Å². The van der Waals surface area contributed by atoms with Gasteiger partial charge in [0.05, 0.1) is 12.2 Å². The standard InChI is InChI=1S/C16H18N2O2/c19-16(20)14-7-6-13(12-4-2-1-3-5-12)10-15(14)18-9-8-17-11-18/h1-5,8-9,11,13-15H,6-7,10H2,(H,19,20). The molecule has 1 fully saturated rings. The van der Waals surface area contributed by atoms with Crippen LogP contribution in [0.5, 0.6) is 0 Å². The Morgan fingerprint density at radius 1 is 1.25 bits per heavy atom. The Kier molecular flexibility index (Phi) is 3.54. The van der Waals surface area contributed by atoms with Crippen LogP contribution in [0.15, 0.2) is 49.1 Å². The van der Waals surface area contributed by atoms with E-state index in [2.05, 4.69) is 17.1 Å². The predicted molar refractivity (Wildman–Crippen MR) is 75.4 cm³/mol. The van der Waals surface area contributed by atoms with Crippen LogP contribution in [-0.4, -0.2) is 20.6 Å². The quantitative estimate of drug-likeness (QED) is 0.932. The van der Waals surface area contributed by atoms with Crippen molar-refractivity contribution in [3.63, 3.8) is 0 Å². The molecule has 3 unspecified atom stereocenters. The molecule has 0 saturated heterocycles. The van der Waals surface area contributed by atoms with Crippen LogP contribution >= 0.6 is 0 Å². The van der Waals surface area contributed by atoms with Crippen molar-refractivity contribution in [1.82, 2.24) is 9.55 Å². The highest BCUT2D eigenvalue weighted by atomic mass is 16.4. The lowest BCUT2D eigenvalue weighted by atomic mass is 9.75. The fourth-order valence-corrected chi connectivity index (χ4v) is 3.26. The van der Waals surface area contributed by atoms with E-state index in [1.807, 2.05) is 29.0 Å². The molecule has 0 radical (unpaired) electrons. The second kappa shape index (κ2) is 5.49. The molecule has 0 bridgehead atoms. The van der Waals surface area contributed by atoms with Gasteiger partial charge < -0.3 is 9.67 Å². The van der Waals surface area contributed by atoms with Crippen LogP contribution in [-0.2, 0) is 4.79 Å². The summed E-state index contributed by atoms with van der Waals surface area (Å²) < 4.78 is 1.95. The summed E-state index contributed by atoms with van der Waals surface area (Å²) in [6, 6.07) is 10.4. The maximum atomic E-state index is 11.5. The van der Waals surface area contributed by atoms with Gasteiger partial charge in [0, 0.05) is 18.4 Å². The third kappa shape index (κ3) is 2.46. The van der Waals surface area contributed by atoms with Gasteiger partial charge in [0.15, 0.2) is 0 Å². The maximum Gasteiger partial charge on any atom is 0.308 e. The molecule has 1 heterocycles. The second-order valence-electron chi connectivity index (χ2n) is 5.44. The Morgan fingerprint density at radius 3 is 2.70 bits per heavy atom. The number of benzene rings is 1. The van der Waals surface area contributed by atoms with Crippen molar-refractivity contribution in [2.45, 2.75) is 31.2 Å². The highest BCUT2D eigenvalue weighted by Crippen LogP contribution is 2.42. The highest BCUT2D eigenvalue weighted by Gasteiger charge is 2.36. The molecule has 2 aromatic rings. The molecule has 0 amide bonds. The highest BCUT2D eigenvalue weighted by molar-refractivity contribution is 5.70. The normalized spacial score (nSPS) is 26.3. The first-order valence-corrected chi connectivity index (χ1v) is 7.01. The summed E-state index contributed by atoms with van der Waals surface area (Å²) in [6.07, 6.45) is 7.83. The van der Waals surface area contributed by atoms with Crippen LogP contribution < -0.4 is 0 Å². The van der Waals surface area contributed by atoms with Gasteiger partial charge in [-0.2, -0.15) is 0 Å². The summed E-state index contributed by atoms with van der Waals surface area (Å²) in [5.74, 6) is -0.585. The van der Waals surface area contributed by atoms with E-state index in [4.69, 9.17) is 0 Å². The number of hydrogen-bond acceptors (Lipinski definition) is 2. The van der Waals surface area contributed by atoms with E-state index in [9.17, 15) is 9.90 Å². The fourth-order valence-electron chi connectivity index (χ4n) is 3.26. The smallest absolute Gasteiger partial charge is 0.308 e. The number of carbonyl (C=O) groups is 1. The molecule has 3 atom stereocenters. The van der Waals surface area contributed by atoms with E-state index in [1.165, 1.54) is 5.56 Å². The molecule has 4 heteroatoms. The van der Waals surface area contributed by atoms with Gasteiger partial charge in [0.1, 0.15) is 0 Å². The van der Waals surface area contributed by atoms with Gasteiger partial charge in [-0.15, -0.1) is 0 Å². The van der Waals surface area contributed by atoms with Crippen molar-refractivity contribution < 1.29 is 9.90 Å². The average Bonchev–Trinajstić information content (AvgIpc) is 3.01. The first-order chi connectivity index (χ1) is 9.75. The largest absolute Gasteiger partial charge is 0.481 e. The minimum absolute atomic E-state index is 0.00560. The number of carboxylic acids is 1. The average molecular weight is 270 g/mol. The van der Waals surface area contributed by atoms with Gasteiger partial charge in [0.25, 0.3) is 0 Å². The van der Waals surface area contributed by atoms with Gasteiger partial charge in [-0.1, -0.05) is 30.3 Å². The van der Waals surface area contributed by atoms with E-state index in [-0.39, 0.29) is 12.0 Å². The molecule has 1 saturated carbocycles. The van der Waals surface area contributed by atoms with E-state index in [1.54, 1.807) is 12.5 Å². The first-order valence-electron chi connectivity index (χ1n) is 7.01. The molecule has 20 heavy (non-hydrogen) atoms. The van der Waals surface area contributed by atoms with Gasteiger partial charge in [-0.25, -0.2) is 4.98 Å². The van der Waals surface area contributed by atoms with E-state index >= 15 is 0 Å². The van der Waals surface area contributed by atoms with E-state index in [0.717, 1.165) is 19.3 Å². The van der Waals surface area contributed by atoms with Crippen molar-refractivity contribution in [3.8, 4) is 0 Å². The van der Waals surface area contributed by atoms with Crippen LogP contribution in [0.25, 0.3) is 0 Å². The zero-order chi connectivity index (χ0) is 13.9. The van der Waals surface area contributed by atoms with Crippen molar-refractivity contribution in [2.75, 3.05) is 0 Å². The maximum absolute atomic E-state index is 11.5. The summed E-state index contributed by atoms with van der Waals surface area (Å²) in [5.41, 5.74) is 1.31. The number of aliphatic carboxylic acids is 1. The Hall–Kier alpha value is -2.10. The minimum Gasteiger partial charge on any atom is -0.481 e. The van der Waals surface area contributed by atoms with E-state index in [0.29, 0.717) is 5.92 Å². The van der Waals surface area contributed by atoms with Gasteiger partial charge >= 0.3 is 5.97 Å². The summed E-state index contributed by atoms with van der Waals surface area (Å²) in [4.78, 5) is 15.5. The number of carboxylic acid groups (broad SMARTS) is 1. The predicted octanol–water partition coefficient (Wildman–Crippen LogP) is 3.09. The molecule has 4 nitrogen and oxygen atoms in total. The molecule has 1 N–H and O–H groups in total. The molecule has 104 valence electrons. The Bertz CT molecular complexity index is 565. The second-order valence-corrected chi connectivity index (χ2v) is 5.44. The lowest BCUT2D eigenvalue weighted by molar-refractivity contribution is -0.144. The van der Waals surface area contributed by atoms with Crippen LogP contribution in [0.1, 0.15) is 36.8 Å².